The van der Waals surface area contributed by atoms with Crippen molar-refractivity contribution < 1.29 is 33.5 Å². The van der Waals surface area contributed by atoms with Crippen LogP contribution in [0, 0.1) is 0 Å². The molecule has 0 saturated carbocycles. The average Bonchev–Trinajstić information content (AvgIpc) is 2.27. The molecule has 0 unspecified atom stereocenters. The molecule has 0 atom stereocenters. The third kappa shape index (κ3) is 4.99. The first-order valence-corrected chi connectivity index (χ1v) is 6.11. The summed E-state index contributed by atoms with van der Waals surface area (Å²) < 4.78 is 6.01. The number of carbonyl (C=O) groups is 1. The highest BCUT2D eigenvalue weighted by molar-refractivity contribution is 5.71. The summed E-state index contributed by atoms with van der Waals surface area (Å²) in [5.41, 5.74) is 2.13. The number of ether oxygens (including phenoxy) is 1. The molecule has 5 heteroatoms. The van der Waals surface area contributed by atoms with Crippen LogP contribution in [-0.2, 0) is 0 Å². The Labute approximate surface area is 132 Å². The summed E-state index contributed by atoms with van der Waals surface area (Å²) in [6.45, 7) is 4.16. The van der Waals surface area contributed by atoms with Crippen LogP contribution in [0.25, 0.3) is 0 Å². The van der Waals surface area contributed by atoms with Crippen LogP contribution in [0.3, 0.4) is 0 Å². The molecule has 0 heterocycles. The summed E-state index contributed by atoms with van der Waals surface area (Å²) in [5, 5.41) is 2.47. The fraction of sp³-hybridized carbons (Fsp3) is 0.500. The van der Waals surface area contributed by atoms with Crippen molar-refractivity contribution >= 4 is 11.8 Å². The van der Waals surface area contributed by atoms with E-state index in [9.17, 15) is 4.79 Å². The molecule has 1 N–H and O–H groups in total. The van der Waals surface area contributed by atoms with Crippen LogP contribution in [0.5, 0.6) is 5.75 Å². The van der Waals surface area contributed by atoms with Gasteiger partial charge in [-0.2, -0.15) is 0 Å². The van der Waals surface area contributed by atoms with E-state index in [0.717, 1.165) is 11.3 Å². The van der Waals surface area contributed by atoms with Crippen LogP contribution in [0.4, 0.5) is 10.5 Å². The average molecular weight is 378 g/mol. The number of nitrogens with one attached hydrogen (secondary N) is 1. The van der Waals surface area contributed by atoms with Gasteiger partial charge in [-0.1, -0.05) is 13.8 Å². The summed E-state index contributed by atoms with van der Waals surface area (Å²) in [7, 11) is 7.79. The summed E-state index contributed by atoms with van der Waals surface area (Å²) in [6.07, 6.45) is -0.435. The van der Waals surface area contributed by atoms with Crippen molar-refractivity contribution in [2.24, 2.45) is 0 Å². The predicted octanol–water partition coefficient (Wildman–Crippen LogP) is -0.271. The highest BCUT2D eigenvalue weighted by Crippen LogP contribution is 2.31. The monoisotopic (exact) mass is 378 g/mol. The van der Waals surface area contributed by atoms with E-state index in [0.29, 0.717) is 16.2 Å². The Hall–Kier alpha value is -0.820. The lowest BCUT2D eigenvalue weighted by Crippen LogP contribution is -3.00. The standard InChI is InChI=1S/C14H22N2O2.HI/c1-10(2)12-8-7-11(16(4,5)6)9-13(12)18-14(17)15-3;/h7-10H,1-6H3;1H. The number of halogens is 1. The van der Waals surface area contributed by atoms with Gasteiger partial charge in [0.05, 0.1) is 21.1 Å². The van der Waals surface area contributed by atoms with Crippen molar-refractivity contribution in [2.45, 2.75) is 19.8 Å². The lowest BCUT2D eigenvalue weighted by molar-refractivity contribution is -0.00000913. The van der Waals surface area contributed by atoms with Gasteiger partial charge in [0.25, 0.3) is 0 Å². The lowest BCUT2D eigenvalue weighted by Gasteiger charge is -2.25. The van der Waals surface area contributed by atoms with Gasteiger partial charge in [-0.05, 0) is 23.6 Å². The quantitative estimate of drug-likeness (QED) is 0.581. The van der Waals surface area contributed by atoms with Crippen molar-refractivity contribution in [2.75, 3.05) is 28.2 Å². The third-order valence-electron chi connectivity index (χ3n) is 2.80. The Bertz CT molecular complexity index is 440. The van der Waals surface area contributed by atoms with Gasteiger partial charge in [0.15, 0.2) is 0 Å². The van der Waals surface area contributed by atoms with E-state index >= 15 is 0 Å². The summed E-state index contributed by atoms with van der Waals surface area (Å²) in [5.74, 6) is 0.945. The van der Waals surface area contributed by atoms with E-state index in [1.165, 1.54) is 0 Å². The molecule has 0 aliphatic heterocycles. The topological polar surface area (TPSA) is 38.3 Å². The minimum absolute atomic E-state index is 0. The number of hydrogen-bond acceptors (Lipinski definition) is 2. The smallest absolute Gasteiger partial charge is 0.412 e. The Balaban J connectivity index is 0.00000324. The predicted molar refractivity (Wildman–Crippen MR) is 75.2 cm³/mol. The van der Waals surface area contributed by atoms with E-state index in [4.69, 9.17) is 4.74 Å². The Kier molecular flexibility index (Phi) is 6.79. The van der Waals surface area contributed by atoms with Crippen molar-refractivity contribution in [1.82, 2.24) is 9.80 Å². The molecule has 4 nitrogen and oxygen atoms in total. The molecule has 0 spiro atoms. The van der Waals surface area contributed by atoms with Crippen LogP contribution < -0.4 is 38.5 Å². The zero-order valence-electron chi connectivity index (χ0n) is 12.5. The number of hydrogen-bond donors (Lipinski definition) is 1. The zero-order chi connectivity index (χ0) is 13.9. The van der Waals surface area contributed by atoms with Crippen molar-refractivity contribution in [3.63, 3.8) is 0 Å². The molecule has 108 valence electrons. The molecule has 0 saturated heterocycles. The van der Waals surface area contributed by atoms with Gasteiger partial charge in [-0.15, -0.1) is 0 Å². The van der Waals surface area contributed by atoms with Crippen LogP contribution in [0.2, 0.25) is 0 Å². The Morgan fingerprint density at radius 3 is 2.26 bits per heavy atom. The highest BCUT2D eigenvalue weighted by atomic mass is 127. The number of nitrogens with zero attached hydrogens (tertiary/aromatic N) is 1. The number of amides is 1. The van der Waals surface area contributed by atoms with Gasteiger partial charge in [-0.25, -0.2) is 4.79 Å². The largest absolute Gasteiger partial charge is 1.00 e. The first-order valence-electron chi connectivity index (χ1n) is 6.11. The number of benzene rings is 1. The van der Waals surface area contributed by atoms with E-state index in [1.807, 2.05) is 12.1 Å². The molecule has 0 fully saturated rings. The fourth-order valence-electron chi connectivity index (χ4n) is 1.66. The molecule has 0 aliphatic rings. The van der Waals surface area contributed by atoms with Gasteiger partial charge in [0.1, 0.15) is 11.4 Å². The molecule has 1 amide bonds. The lowest BCUT2D eigenvalue weighted by atomic mass is 10.0. The zero-order valence-corrected chi connectivity index (χ0v) is 14.6. The molecular weight excluding hydrogens is 355 g/mol. The summed E-state index contributed by atoms with van der Waals surface area (Å²) in [4.78, 5) is 11.4. The third-order valence-corrected chi connectivity index (χ3v) is 2.80. The minimum atomic E-state index is -0.435. The van der Waals surface area contributed by atoms with E-state index in [2.05, 4.69) is 46.4 Å². The van der Waals surface area contributed by atoms with E-state index < -0.39 is 6.09 Å². The molecule has 0 radical (unpaired) electrons. The van der Waals surface area contributed by atoms with Crippen LogP contribution >= 0.6 is 0 Å². The normalized spacial score (nSPS) is 10.9. The summed E-state index contributed by atoms with van der Waals surface area (Å²) in [6, 6.07) is 6.04. The molecule has 19 heavy (non-hydrogen) atoms. The maximum absolute atomic E-state index is 11.4. The summed E-state index contributed by atoms with van der Waals surface area (Å²) >= 11 is 0. The van der Waals surface area contributed by atoms with Crippen molar-refractivity contribution in [3.05, 3.63) is 23.8 Å². The SMILES string of the molecule is CNC(=O)Oc1cc([N+](C)(C)C)ccc1C(C)C.[I-]. The highest BCUT2D eigenvalue weighted by Gasteiger charge is 2.18. The van der Waals surface area contributed by atoms with Crippen molar-refractivity contribution in [1.29, 1.82) is 0 Å². The molecule has 0 aliphatic carbocycles. The second-order valence-electron chi connectivity index (χ2n) is 5.53. The van der Waals surface area contributed by atoms with Gasteiger partial charge in [0, 0.05) is 13.1 Å². The van der Waals surface area contributed by atoms with E-state index in [-0.39, 0.29) is 24.0 Å². The molecule has 1 aromatic carbocycles. The Morgan fingerprint density at radius 1 is 1.26 bits per heavy atom. The van der Waals surface area contributed by atoms with Gasteiger partial charge < -0.3 is 34.0 Å². The first-order chi connectivity index (χ1) is 8.25. The number of rotatable bonds is 3. The molecule has 1 rings (SSSR count). The van der Waals surface area contributed by atoms with Crippen LogP contribution in [0.15, 0.2) is 18.2 Å². The Morgan fingerprint density at radius 2 is 1.84 bits per heavy atom. The van der Waals surface area contributed by atoms with Crippen LogP contribution in [0.1, 0.15) is 25.3 Å². The van der Waals surface area contributed by atoms with Gasteiger partial charge in [-0.3, -0.25) is 4.48 Å². The second-order valence-corrected chi connectivity index (χ2v) is 5.53. The maximum atomic E-state index is 11.4. The fourth-order valence-corrected chi connectivity index (χ4v) is 1.66. The maximum Gasteiger partial charge on any atom is 0.412 e. The minimum Gasteiger partial charge on any atom is -1.00 e. The second kappa shape index (κ2) is 7.09. The molecule has 0 bridgehead atoms. The first kappa shape index (κ1) is 18.2. The van der Waals surface area contributed by atoms with Gasteiger partial charge in [0.2, 0.25) is 0 Å². The van der Waals surface area contributed by atoms with Gasteiger partial charge >= 0.3 is 6.09 Å². The molecule has 0 aromatic heterocycles. The number of carbonyl (C=O) groups excluding carboxylic acids is 1. The number of quaternary nitrogens is 1. The molecule has 1 aromatic rings. The van der Waals surface area contributed by atoms with Crippen molar-refractivity contribution in [3.8, 4) is 5.75 Å². The van der Waals surface area contributed by atoms with E-state index in [1.54, 1.807) is 7.05 Å². The van der Waals surface area contributed by atoms with Crippen LogP contribution in [-0.4, -0.2) is 34.3 Å². The molecular formula is C14H23IN2O2.